The van der Waals surface area contributed by atoms with Crippen molar-refractivity contribution in [2.24, 2.45) is 0 Å². The highest BCUT2D eigenvalue weighted by Gasteiger charge is 2.29. The summed E-state index contributed by atoms with van der Waals surface area (Å²) in [6, 6.07) is 10.3. The highest BCUT2D eigenvalue weighted by Crippen LogP contribution is 2.35. The van der Waals surface area contributed by atoms with Gasteiger partial charge in [-0.2, -0.15) is 0 Å². The molecule has 33 heavy (non-hydrogen) atoms. The van der Waals surface area contributed by atoms with Gasteiger partial charge in [-0.1, -0.05) is 12.1 Å². The van der Waals surface area contributed by atoms with Gasteiger partial charge in [0.05, 0.1) is 30.6 Å². The van der Waals surface area contributed by atoms with Crippen molar-refractivity contribution in [2.45, 2.75) is 25.8 Å². The van der Waals surface area contributed by atoms with Crippen LogP contribution in [0.3, 0.4) is 0 Å². The average Bonchev–Trinajstić information content (AvgIpc) is 3.25. The van der Waals surface area contributed by atoms with Crippen molar-refractivity contribution < 1.29 is 38.9 Å². The van der Waals surface area contributed by atoms with Crippen molar-refractivity contribution in [1.82, 2.24) is 4.57 Å². The van der Waals surface area contributed by atoms with Crippen LogP contribution in [0.2, 0.25) is 0 Å². The molecule has 0 unspecified atom stereocenters. The number of carboxylic acids is 2. The maximum absolute atomic E-state index is 13.1. The SMILES string of the molecule is COC(=O)C[C@H](c1ccc(-c2cccc(C(=O)O)c2)o1)c1c(O)cc(C)n(CC(=O)O)c1=O. The van der Waals surface area contributed by atoms with E-state index < -0.39 is 41.7 Å². The Balaban J connectivity index is 2.14. The number of carbonyl (C=O) groups is 3. The lowest BCUT2D eigenvalue weighted by Crippen LogP contribution is -2.30. The van der Waals surface area contributed by atoms with Crippen LogP contribution < -0.4 is 5.56 Å². The number of hydrogen-bond acceptors (Lipinski definition) is 7. The van der Waals surface area contributed by atoms with E-state index in [1.165, 1.54) is 38.3 Å². The number of ether oxygens (including phenoxy) is 1. The molecule has 0 aliphatic carbocycles. The summed E-state index contributed by atoms with van der Waals surface area (Å²) in [6.07, 6.45) is -0.364. The largest absolute Gasteiger partial charge is 0.507 e. The number of methoxy groups -OCH3 is 1. The lowest BCUT2D eigenvalue weighted by molar-refractivity contribution is -0.141. The number of aromatic carboxylic acids is 1. The summed E-state index contributed by atoms with van der Waals surface area (Å²) in [6.45, 7) is 0.845. The van der Waals surface area contributed by atoms with Crippen LogP contribution in [-0.4, -0.2) is 44.9 Å². The molecular weight excluding hydrogens is 434 g/mol. The average molecular weight is 455 g/mol. The first kappa shape index (κ1) is 23.3. The third kappa shape index (κ3) is 4.95. The van der Waals surface area contributed by atoms with Gasteiger partial charge >= 0.3 is 17.9 Å². The van der Waals surface area contributed by atoms with Crippen LogP contribution >= 0.6 is 0 Å². The smallest absolute Gasteiger partial charge is 0.335 e. The first-order chi connectivity index (χ1) is 15.6. The van der Waals surface area contributed by atoms with Crippen molar-refractivity contribution in [2.75, 3.05) is 7.11 Å². The molecule has 0 spiro atoms. The third-order valence-electron chi connectivity index (χ3n) is 5.13. The van der Waals surface area contributed by atoms with Gasteiger partial charge in [-0.15, -0.1) is 0 Å². The Bertz CT molecular complexity index is 1290. The quantitative estimate of drug-likeness (QED) is 0.434. The van der Waals surface area contributed by atoms with Crippen molar-refractivity contribution in [3.63, 3.8) is 0 Å². The molecule has 10 heteroatoms. The molecule has 2 heterocycles. The predicted molar refractivity (Wildman–Crippen MR) is 114 cm³/mol. The topological polar surface area (TPSA) is 156 Å². The Kier molecular flexibility index (Phi) is 6.67. The fourth-order valence-corrected chi connectivity index (χ4v) is 3.52. The molecule has 1 aromatic carbocycles. The standard InChI is InChI=1S/C23H21NO9/c1-12-8-16(25)21(22(29)24(12)11-19(26)27)15(10-20(28)32-2)18-7-6-17(33-18)13-4-3-5-14(9-13)23(30)31/h3-9,15,25H,10-11H2,1-2H3,(H,26,27)(H,30,31)/t15-/m1/s1. The Morgan fingerprint density at radius 3 is 2.48 bits per heavy atom. The Morgan fingerprint density at radius 1 is 1.12 bits per heavy atom. The zero-order valence-electron chi connectivity index (χ0n) is 17.8. The highest BCUT2D eigenvalue weighted by molar-refractivity contribution is 5.89. The summed E-state index contributed by atoms with van der Waals surface area (Å²) < 4.78 is 11.6. The first-order valence-electron chi connectivity index (χ1n) is 9.77. The van der Waals surface area contributed by atoms with Gasteiger partial charge in [0.2, 0.25) is 0 Å². The van der Waals surface area contributed by atoms with E-state index in [0.29, 0.717) is 5.56 Å². The van der Waals surface area contributed by atoms with Crippen molar-refractivity contribution in [1.29, 1.82) is 0 Å². The number of aliphatic carboxylic acids is 1. The monoisotopic (exact) mass is 455 g/mol. The normalized spacial score (nSPS) is 11.7. The second-order valence-corrected chi connectivity index (χ2v) is 7.29. The van der Waals surface area contributed by atoms with E-state index in [1.54, 1.807) is 18.2 Å². The van der Waals surface area contributed by atoms with Crippen molar-refractivity contribution >= 4 is 17.9 Å². The van der Waals surface area contributed by atoms with Crippen molar-refractivity contribution in [3.8, 4) is 17.1 Å². The molecule has 0 bridgehead atoms. The van der Waals surface area contributed by atoms with Crippen LogP contribution in [0.25, 0.3) is 11.3 Å². The van der Waals surface area contributed by atoms with Gasteiger partial charge in [0, 0.05) is 11.3 Å². The molecule has 172 valence electrons. The minimum Gasteiger partial charge on any atom is -0.507 e. The zero-order valence-corrected chi connectivity index (χ0v) is 17.8. The minimum absolute atomic E-state index is 0.0456. The molecule has 10 nitrogen and oxygen atoms in total. The molecule has 0 amide bonds. The van der Waals surface area contributed by atoms with Crippen LogP contribution in [0, 0.1) is 6.92 Å². The number of aryl methyl sites for hydroxylation is 1. The number of rotatable bonds is 8. The molecule has 2 aromatic heterocycles. The van der Waals surface area contributed by atoms with E-state index >= 15 is 0 Å². The highest BCUT2D eigenvalue weighted by atomic mass is 16.5. The van der Waals surface area contributed by atoms with Gasteiger partial charge in [-0.05, 0) is 37.3 Å². The van der Waals surface area contributed by atoms with Crippen LogP contribution in [0.1, 0.15) is 39.7 Å². The summed E-state index contributed by atoms with van der Waals surface area (Å²) in [5, 5.41) is 28.9. The fourth-order valence-electron chi connectivity index (χ4n) is 3.52. The number of aromatic nitrogens is 1. The van der Waals surface area contributed by atoms with Crippen LogP contribution in [0.5, 0.6) is 5.75 Å². The second-order valence-electron chi connectivity index (χ2n) is 7.29. The van der Waals surface area contributed by atoms with Gasteiger partial charge in [0.25, 0.3) is 5.56 Å². The number of carboxylic acid groups (broad SMARTS) is 2. The number of aromatic hydroxyl groups is 1. The molecular formula is C23H21NO9. The van der Waals surface area contributed by atoms with Gasteiger partial charge in [0.15, 0.2) is 0 Å². The molecule has 0 aliphatic heterocycles. The lowest BCUT2D eigenvalue weighted by Gasteiger charge is -2.18. The second kappa shape index (κ2) is 9.43. The number of hydrogen-bond donors (Lipinski definition) is 3. The first-order valence-corrected chi connectivity index (χ1v) is 9.77. The van der Waals surface area contributed by atoms with E-state index in [4.69, 9.17) is 14.3 Å². The van der Waals surface area contributed by atoms with Crippen LogP contribution in [0.4, 0.5) is 0 Å². The molecule has 3 aromatic rings. The molecule has 0 radical (unpaired) electrons. The van der Waals surface area contributed by atoms with Gasteiger partial charge in [-0.25, -0.2) is 4.79 Å². The van der Waals surface area contributed by atoms with Gasteiger partial charge in [0.1, 0.15) is 23.8 Å². The molecule has 0 saturated carbocycles. The number of benzene rings is 1. The zero-order chi connectivity index (χ0) is 24.3. The lowest BCUT2D eigenvalue weighted by atomic mass is 9.93. The molecule has 0 saturated heterocycles. The summed E-state index contributed by atoms with van der Waals surface area (Å²) >= 11 is 0. The summed E-state index contributed by atoms with van der Waals surface area (Å²) in [7, 11) is 1.17. The van der Waals surface area contributed by atoms with E-state index in [2.05, 4.69) is 0 Å². The molecule has 0 fully saturated rings. The Labute approximate surface area is 187 Å². The van der Waals surface area contributed by atoms with Crippen molar-refractivity contribution in [3.05, 3.63) is 75.4 Å². The summed E-state index contributed by atoms with van der Waals surface area (Å²) in [5.41, 5.74) is -0.271. The number of pyridine rings is 1. The maximum atomic E-state index is 13.1. The number of carbonyl (C=O) groups excluding carboxylic acids is 1. The predicted octanol–water partition coefficient (Wildman–Crippen LogP) is 2.60. The molecule has 3 N–H and O–H groups in total. The number of furan rings is 1. The summed E-state index contributed by atoms with van der Waals surface area (Å²) in [4.78, 5) is 47.7. The number of esters is 1. The maximum Gasteiger partial charge on any atom is 0.335 e. The van der Waals surface area contributed by atoms with E-state index in [0.717, 1.165) is 4.57 Å². The van der Waals surface area contributed by atoms with Crippen LogP contribution in [-0.2, 0) is 20.9 Å². The molecule has 0 aliphatic rings. The Hall–Kier alpha value is -4.34. The molecule has 1 atom stereocenters. The third-order valence-corrected chi connectivity index (χ3v) is 5.13. The van der Waals surface area contributed by atoms with Crippen LogP contribution in [0.15, 0.2) is 51.7 Å². The fraction of sp³-hybridized carbons (Fsp3) is 0.217. The van der Waals surface area contributed by atoms with E-state index in [9.17, 15) is 29.4 Å². The molecule has 3 rings (SSSR count). The minimum atomic E-state index is -1.25. The van der Waals surface area contributed by atoms with E-state index in [1.807, 2.05) is 0 Å². The Morgan fingerprint density at radius 2 is 1.85 bits per heavy atom. The van der Waals surface area contributed by atoms with Gasteiger partial charge < -0.3 is 29.0 Å². The number of nitrogens with zero attached hydrogens (tertiary/aromatic N) is 1. The summed E-state index contributed by atoms with van der Waals surface area (Å²) in [5.74, 6) is -4.14. The van der Waals surface area contributed by atoms with E-state index in [-0.39, 0.29) is 34.8 Å². The van der Waals surface area contributed by atoms with Gasteiger partial charge in [-0.3, -0.25) is 14.4 Å².